The van der Waals surface area contributed by atoms with Gasteiger partial charge in [-0.25, -0.2) is 4.39 Å². The molecule has 1 aromatic carbocycles. The van der Waals surface area contributed by atoms with Gasteiger partial charge >= 0.3 is 0 Å². The third-order valence-corrected chi connectivity index (χ3v) is 4.83. The topological polar surface area (TPSA) is 12.0 Å². The van der Waals surface area contributed by atoms with Gasteiger partial charge in [0, 0.05) is 22.8 Å². The summed E-state index contributed by atoms with van der Waals surface area (Å²) in [4.78, 5) is 2.72. The summed E-state index contributed by atoms with van der Waals surface area (Å²) in [5, 5.41) is 3.34. The molecule has 0 fully saturated rings. The number of rotatable bonds is 5. The predicted molar refractivity (Wildman–Crippen MR) is 78.3 cm³/mol. The molecule has 1 N–H and O–H groups in total. The van der Waals surface area contributed by atoms with Crippen molar-refractivity contribution in [1.29, 1.82) is 0 Å². The molecule has 2 rings (SSSR count). The second-order valence-corrected chi connectivity index (χ2v) is 6.08. The van der Waals surface area contributed by atoms with E-state index < -0.39 is 0 Å². The third kappa shape index (κ3) is 3.40. The van der Waals surface area contributed by atoms with Crippen molar-refractivity contribution < 1.29 is 4.39 Å². The maximum atomic E-state index is 13.3. The van der Waals surface area contributed by atoms with Crippen LogP contribution in [0.1, 0.15) is 22.2 Å². The number of halogens is 2. The Balaban J connectivity index is 1.90. The van der Waals surface area contributed by atoms with Gasteiger partial charge in [-0.15, -0.1) is 11.3 Å². The lowest BCUT2D eigenvalue weighted by atomic mass is 10.2. The monoisotopic (exact) mass is 327 g/mol. The fourth-order valence-corrected chi connectivity index (χ4v) is 3.04. The lowest BCUT2D eigenvalue weighted by Crippen LogP contribution is -2.12. The highest BCUT2D eigenvalue weighted by molar-refractivity contribution is 9.10. The Hall–Kier alpha value is -0.710. The van der Waals surface area contributed by atoms with Gasteiger partial charge in [0.25, 0.3) is 0 Å². The van der Waals surface area contributed by atoms with E-state index in [0.717, 1.165) is 18.5 Å². The number of aryl methyl sites for hydroxylation is 1. The summed E-state index contributed by atoms with van der Waals surface area (Å²) in [6.45, 7) is 3.65. The molecule has 1 aromatic heterocycles. The largest absolute Gasteiger partial charge is 0.308 e. The molecule has 0 aliphatic heterocycles. The van der Waals surface area contributed by atoms with Crippen LogP contribution >= 0.6 is 27.3 Å². The van der Waals surface area contributed by atoms with Crippen LogP contribution in [-0.2, 0) is 19.5 Å². The molecule has 0 atom stereocenters. The summed E-state index contributed by atoms with van der Waals surface area (Å²) < 4.78 is 13.9. The Labute approximate surface area is 119 Å². The molecule has 0 saturated carbocycles. The minimum absolute atomic E-state index is 0.210. The molecule has 1 nitrogen and oxygen atoms in total. The molecule has 4 heteroatoms. The van der Waals surface area contributed by atoms with Crippen LogP contribution in [0.2, 0.25) is 0 Å². The molecule has 0 saturated heterocycles. The molecule has 0 aliphatic rings. The standard InChI is InChI=1S/C14H15BrFNS/c1-2-11-6-7-12(18-11)9-17-8-10-4-3-5-13(16)14(10)15/h3-7,17H,2,8-9H2,1H3. The van der Waals surface area contributed by atoms with Crippen LogP contribution < -0.4 is 5.32 Å². The summed E-state index contributed by atoms with van der Waals surface area (Å²) in [5.74, 6) is -0.210. The first-order valence-corrected chi connectivity index (χ1v) is 7.53. The zero-order chi connectivity index (χ0) is 13.0. The van der Waals surface area contributed by atoms with E-state index in [4.69, 9.17) is 0 Å². The summed E-state index contributed by atoms with van der Waals surface area (Å²) in [6.07, 6.45) is 1.08. The molecule has 96 valence electrons. The van der Waals surface area contributed by atoms with Crippen molar-refractivity contribution >= 4 is 27.3 Å². The van der Waals surface area contributed by atoms with Gasteiger partial charge in [0.2, 0.25) is 0 Å². The number of hydrogen-bond acceptors (Lipinski definition) is 2. The molecule has 0 spiro atoms. The van der Waals surface area contributed by atoms with Crippen molar-refractivity contribution in [3.8, 4) is 0 Å². The highest BCUT2D eigenvalue weighted by Crippen LogP contribution is 2.21. The van der Waals surface area contributed by atoms with Gasteiger partial charge in [-0.1, -0.05) is 19.1 Å². The first kappa shape index (κ1) is 13.7. The van der Waals surface area contributed by atoms with E-state index in [2.05, 4.69) is 40.3 Å². The van der Waals surface area contributed by atoms with Crippen LogP contribution in [0.3, 0.4) is 0 Å². The third-order valence-electron chi connectivity index (χ3n) is 2.71. The molecule has 0 aliphatic carbocycles. The molecular formula is C14H15BrFNS. The quantitative estimate of drug-likeness (QED) is 0.852. The van der Waals surface area contributed by atoms with E-state index in [0.29, 0.717) is 11.0 Å². The predicted octanol–water partition coefficient (Wildman–Crippen LogP) is 4.50. The van der Waals surface area contributed by atoms with Crippen LogP contribution in [0.15, 0.2) is 34.8 Å². The highest BCUT2D eigenvalue weighted by Gasteiger charge is 2.05. The molecular weight excluding hydrogens is 313 g/mol. The van der Waals surface area contributed by atoms with Crippen molar-refractivity contribution in [2.45, 2.75) is 26.4 Å². The average Bonchev–Trinajstić information content (AvgIpc) is 2.82. The zero-order valence-electron chi connectivity index (χ0n) is 10.2. The van der Waals surface area contributed by atoms with Crippen molar-refractivity contribution in [2.75, 3.05) is 0 Å². The van der Waals surface area contributed by atoms with E-state index in [1.807, 2.05) is 17.4 Å². The number of hydrogen-bond donors (Lipinski definition) is 1. The summed E-state index contributed by atoms with van der Waals surface area (Å²) in [6, 6.07) is 9.43. The molecule has 0 amide bonds. The summed E-state index contributed by atoms with van der Waals surface area (Å²) in [7, 11) is 0. The number of thiophene rings is 1. The Kier molecular flexibility index (Phi) is 4.92. The Morgan fingerprint density at radius 2 is 1.94 bits per heavy atom. The second kappa shape index (κ2) is 6.45. The van der Waals surface area contributed by atoms with Crippen LogP contribution in [0, 0.1) is 5.82 Å². The Morgan fingerprint density at radius 3 is 2.67 bits per heavy atom. The van der Waals surface area contributed by atoms with E-state index in [1.54, 1.807) is 6.07 Å². The highest BCUT2D eigenvalue weighted by atomic mass is 79.9. The Morgan fingerprint density at radius 1 is 1.17 bits per heavy atom. The minimum Gasteiger partial charge on any atom is -0.308 e. The fraction of sp³-hybridized carbons (Fsp3) is 0.286. The van der Waals surface area contributed by atoms with Gasteiger partial charge in [0.1, 0.15) is 5.82 Å². The molecule has 1 heterocycles. The van der Waals surface area contributed by atoms with Crippen LogP contribution in [0.5, 0.6) is 0 Å². The van der Waals surface area contributed by atoms with Crippen molar-refractivity contribution in [3.05, 3.63) is 55.9 Å². The van der Waals surface area contributed by atoms with Gasteiger partial charge in [0.05, 0.1) is 4.47 Å². The molecule has 0 radical (unpaired) electrons. The van der Waals surface area contributed by atoms with Gasteiger partial charge in [-0.05, 0) is 46.1 Å². The van der Waals surface area contributed by atoms with Gasteiger partial charge in [-0.3, -0.25) is 0 Å². The van der Waals surface area contributed by atoms with E-state index >= 15 is 0 Å². The number of nitrogens with one attached hydrogen (secondary N) is 1. The van der Waals surface area contributed by atoms with Crippen LogP contribution in [0.25, 0.3) is 0 Å². The smallest absolute Gasteiger partial charge is 0.137 e. The summed E-state index contributed by atoms with van der Waals surface area (Å²) >= 11 is 5.10. The molecule has 0 unspecified atom stereocenters. The normalized spacial score (nSPS) is 10.8. The molecule has 2 aromatic rings. The Bertz CT molecular complexity index is 524. The van der Waals surface area contributed by atoms with Crippen molar-refractivity contribution in [2.24, 2.45) is 0 Å². The van der Waals surface area contributed by atoms with Gasteiger partial charge < -0.3 is 5.32 Å². The van der Waals surface area contributed by atoms with Crippen LogP contribution in [-0.4, -0.2) is 0 Å². The number of benzene rings is 1. The van der Waals surface area contributed by atoms with E-state index in [9.17, 15) is 4.39 Å². The second-order valence-electron chi connectivity index (χ2n) is 4.04. The first-order valence-electron chi connectivity index (χ1n) is 5.92. The maximum absolute atomic E-state index is 13.3. The van der Waals surface area contributed by atoms with E-state index in [1.165, 1.54) is 15.8 Å². The molecule has 18 heavy (non-hydrogen) atoms. The van der Waals surface area contributed by atoms with Gasteiger partial charge in [-0.2, -0.15) is 0 Å². The van der Waals surface area contributed by atoms with Crippen molar-refractivity contribution in [1.82, 2.24) is 5.32 Å². The van der Waals surface area contributed by atoms with Crippen LogP contribution in [0.4, 0.5) is 4.39 Å². The van der Waals surface area contributed by atoms with Gasteiger partial charge in [0.15, 0.2) is 0 Å². The first-order chi connectivity index (χ1) is 8.70. The lowest BCUT2D eigenvalue weighted by molar-refractivity contribution is 0.612. The SMILES string of the molecule is CCc1ccc(CNCc2cccc(F)c2Br)s1. The van der Waals surface area contributed by atoms with E-state index in [-0.39, 0.29) is 5.82 Å². The minimum atomic E-state index is -0.210. The maximum Gasteiger partial charge on any atom is 0.137 e. The average molecular weight is 328 g/mol. The lowest BCUT2D eigenvalue weighted by Gasteiger charge is -2.06. The summed E-state index contributed by atoms with van der Waals surface area (Å²) in [5.41, 5.74) is 0.947. The van der Waals surface area contributed by atoms with Crippen molar-refractivity contribution in [3.63, 3.8) is 0 Å². The fourth-order valence-electron chi connectivity index (χ4n) is 1.71. The molecule has 0 bridgehead atoms. The zero-order valence-corrected chi connectivity index (χ0v) is 12.6.